The van der Waals surface area contributed by atoms with E-state index in [2.05, 4.69) is 15.4 Å². The summed E-state index contributed by atoms with van der Waals surface area (Å²) in [6.07, 6.45) is 0.824. The molecule has 0 saturated heterocycles. The maximum Gasteiger partial charge on any atom is 0.240 e. The molecule has 0 saturated carbocycles. The first kappa shape index (κ1) is 20.2. The SMILES string of the molecule is O=C(CCNS(=O)(=O)c1ccc2c(c1)CCC(=O)N2)NCc1ccc2c(c1)OCO2. The van der Waals surface area contributed by atoms with E-state index in [9.17, 15) is 18.0 Å². The van der Waals surface area contributed by atoms with Gasteiger partial charge in [-0.1, -0.05) is 6.07 Å². The predicted octanol–water partition coefficient (Wildman–Crippen LogP) is 1.28. The van der Waals surface area contributed by atoms with Gasteiger partial charge in [-0.2, -0.15) is 0 Å². The molecule has 10 heteroatoms. The molecule has 0 spiro atoms. The number of carbonyl (C=O) groups is 2. The van der Waals surface area contributed by atoms with Crippen molar-refractivity contribution < 1.29 is 27.5 Å². The van der Waals surface area contributed by atoms with E-state index >= 15 is 0 Å². The minimum Gasteiger partial charge on any atom is -0.454 e. The van der Waals surface area contributed by atoms with E-state index in [1.54, 1.807) is 24.3 Å². The van der Waals surface area contributed by atoms with Crippen LogP contribution in [-0.2, 0) is 32.6 Å². The van der Waals surface area contributed by atoms with Crippen LogP contribution < -0.4 is 24.8 Å². The summed E-state index contributed by atoms with van der Waals surface area (Å²) in [7, 11) is -3.75. The summed E-state index contributed by atoms with van der Waals surface area (Å²) >= 11 is 0. The van der Waals surface area contributed by atoms with E-state index in [4.69, 9.17) is 9.47 Å². The lowest BCUT2D eigenvalue weighted by Crippen LogP contribution is -2.30. The molecular formula is C20H21N3O6S. The molecule has 2 aromatic rings. The quantitative estimate of drug-likeness (QED) is 0.607. The van der Waals surface area contributed by atoms with Crippen molar-refractivity contribution >= 4 is 27.5 Å². The van der Waals surface area contributed by atoms with Crippen LogP contribution in [0.15, 0.2) is 41.3 Å². The van der Waals surface area contributed by atoms with Crippen LogP contribution in [0.3, 0.4) is 0 Å². The van der Waals surface area contributed by atoms with Crippen molar-refractivity contribution in [3.63, 3.8) is 0 Å². The number of anilines is 1. The number of benzene rings is 2. The van der Waals surface area contributed by atoms with Crippen LogP contribution in [-0.4, -0.2) is 33.6 Å². The summed E-state index contributed by atoms with van der Waals surface area (Å²) in [5.41, 5.74) is 2.27. The van der Waals surface area contributed by atoms with Crippen LogP contribution in [0.25, 0.3) is 0 Å². The van der Waals surface area contributed by atoms with Gasteiger partial charge in [0.15, 0.2) is 11.5 Å². The van der Waals surface area contributed by atoms with Crippen LogP contribution in [0.2, 0.25) is 0 Å². The molecule has 0 bridgehead atoms. The highest BCUT2D eigenvalue weighted by atomic mass is 32.2. The fourth-order valence-corrected chi connectivity index (χ4v) is 4.33. The van der Waals surface area contributed by atoms with Crippen molar-refractivity contribution in [1.29, 1.82) is 0 Å². The van der Waals surface area contributed by atoms with Gasteiger partial charge in [0.25, 0.3) is 0 Å². The third kappa shape index (κ3) is 4.55. The van der Waals surface area contributed by atoms with Gasteiger partial charge in [0.1, 0.15) is 0 Å². The van der Waals surface area contributed by atoms with E-state index in [-0.39, 0.29) is 36.5 Å². The molecule has 2 heterocycles. The fourth-order valence-electron chi connectivity index (χ4n) is 3.25. The lowest BCUT2D eigenvalue weighted by Gasteiger charge is -2.17. The van der Waals surface area contributed by atoms with E-state index in [1.807, 2.05) is 6.07 Å². The Morgan fingerprint density at radius 3 is 2.77 bits per heavy atom. The Bertz CT molecular complexity index is 1100. The minimum atomic E-state index is -3.75. The lowest BCUT2D eigenvalue weighted by molar-refractivity contribution is -0.121. The van der Waals surface area contributed by atoms with Crippen LogP contribution in [0.1, 0.15) is 24.0 Å². The number of aryl methyl sites for hydroxylation is 1. The van der Waals surface area contributed by atoms with Crippen LogP contribution in [0.4, 0.5) is 5.69 Å². The second-order valence-electron chi connectivity index (χ2n) is 6.98. The molecular weight excluding hydrogens is 410 g/mol. The number of ether oxygens (including phenoxy) is 2. The summed E-state index contributed by atoms with van der Waals surface area (Å²) < 4.78 is 38.0. The fraction of sp³-hybridized carbons (Fsp3) is 0.300. The largest absolute Gasteiger partial charge is 0.454 e. The molecule has 0 unspecified atom stereocenters. The van der Waals surface area contributed by atoms with Crippen molar-refractivity contribution in [3.05, 3.63) is 47.5 Å². The number of nitrogens with one attached hydrogen (secondary N) is 3. The molecule has 2 aliphatic heterocycles. The van der Waals surface area contributed by atoms with E-state index < -0.39 is 10.0 Å². The van der Waals surface area contributed by atoms with Gasteiger partial charge < -0.3 is 20.1 Å². The zero-order valence-electron chi connectivity index (χ0n) is 16.1. The molecule has 0 radical (unpaired) electrons. The van der Waals surface area contributed by atoms with Crippen molar-refractivity contribution in [2.75, 3.05) is 18.7 Å². The average Bonchev–Trinajstić information content (AvgIpc) is 3.19. The first-order valence-electron chi connectivity index (χ1n) is 9.48. The summed E-state index contributed by atoms with van der Waals surface area (Å²) in [5.74, 6) is 0.953. The molecule has 0 fully saturated rings. The first-order valence-corrected chi connectivity index (χ1v) is 11.0. The number of carbonyl (C=O) groups excluding carboxylic acids is 2. The zero-order valence-corrected chi connectivity index (χ0v) is 16.9. The van der Waals surface area contributed by atoms with Gasteiger partial charge in [-0.25, -0.2) is 13.1 Å². The Kier molecular flexibility index (Phi) is 5.60. The smallest absolute Gasteiger partial charge is 0.240 e. The molecule has 2 amide bonds. The van der Waals surface area contributed by atoms with Crippen LogP contribution >= 0.6 is 0 Å². The number of amides is 2. The molecule has 3 N–H and O–H groups in total. The zero-order chi connectivity index (χ0) is 21.1. The second-order valence-corrected chi connectivity index (χ2v) is 8.75. The Morgan fingerprint density at radius 2 is 1.90 bits per heavy atom. The van der Waals surface area contributed by atoms with Crippen molar-refractivity contribution in [2.45, 2.75) is 30.7 Å². The maximum absolute atomic E-state index is 12.5. The van der Waals surface area contributed by atoms with Gasteiger partial charge in [0, 0.05) is 31.6 Å². The third-order valence-corrected chi connectivity index (χ3v) is 6.31. The summed E-state index contributed by atoms with van der Waals surface area (Å²) in [6, 6.07) is 9.98. The van der Waals surface area contributed by atoms with E-state index in [1.165, 1.54) is 6.07 Å². The first-order chi connectivity index (χ1) is 14.4. The van der Waals surface area contributed by atoms with Gasteiger partial charge in [-0.05, 0) is 47.9 Å². The van der Waals surface area contributed by atoms with Gasteiger partial charge in [0.05, 0.1) is 4.90 Å². The monoisotopic (exact) mass is 431 g/mol. The number of hydrogen-bond donors (Lipinski definition) is 3. The Morgan fingerprint density at radius 1 is 1.07 bits per heavy atom. The average molecular weight is 431 g/mol. The Hall–Kier alpha value is -3.11. The second kappa shape index (κ2) is 8.33. The Balaban J connectivity index is 1.27. The maximum atomic E-state index is 12.5. The molecule has 158 valence electrons. The molecule has 2 aromatic carbocycles. The molecule has 4 rings (SSSR count). The third-order valence-electron chi connectivity index (χ3n) is 4.85. The van der Waals surface area contributed by atoms with Crippen molar-refractivity contribution in [1.82, 2.24) is 10.0 Å². The highest BCUT2D eigenvalue weighted by molar-refractivity contribution is 7.89. The van der Waals surface area contributed by atoms with Gasteiger partial charge in [-0.15, -0.1) is 0 Å². The highest BCUT2D eigenvalue weighted by Crippen LogP contribution is 2.32. The number of sulfonamides is 1. The molecule has 0 atom stereocenters. The molecule has 0 aliphatic carbocycles. The van der Waals surface area contributed by atoms with Gasteiger partial charge in [-0.3, -0.25) is 9.59 Å². The summed E-state index contributed by atoms with van der Waals surface area (Å²) in [6.45, 7) is 0.464. The van der Waals surface area contributed by atoms with E-state index in [0.717, 1.165) is 11.1 Å². The molecule has 9 nitrogen and oxygen atoms in total. The molecule has 2 aliphatic rings. The number of fused-ring (bicyclic) bond motifs is 2. The highest BCUT2D eigenvalue weighted by Gasteiger charge is 2.20. The number of hydrogen-bond acceptors (Lipinski definition) is 6. The molecule has 0 aromatic heterocycles. The predicted molar refractivity (Wildman–Crippen MR) is 108 cm³/mol. The Labute approximate surface area is 173 Å². The topological polar surface area (TPSA) is 123 Å². The summed E-state index contributed by atoms with van der Waals surface area (Å²) in [5, 5.41) is 5.47. The van der Waals surface area contributed by atoms with Crippen LogP contribution in [0, 0.1) is 0 Å². The standard InChI is InChI=1S/C20H21N3O6S/c24-19(21-11-13-1-5-17-18(9-13)29-12-28-17)7-8-22-30(26,27)15-3-4-16-14(10-15)2-6-20(25)23-16/h1,3-5,9-10,22H,2,6-8,11-12H2,(H,21,24)(H,23,25). The van der Waals surface area contributed by atoms with Gasteiger partial charge >= 0.3 is 0 Å². The van der Waals surface area contributed by atoms with Gasteiger partial charge in [0.2, 0.25) is 28.6 Å². The van der Waals surface area contributed by atoms with Crippen molar-refractivity contribution in [3.8, 4) is 11.5 Å². The van der Waals surface area contributed by atoms with E-state index in [0.29, 0.717) is 36.6 Å². The van der Waals surface area contributed by atoms with Crippen molar-refractivity contribution in [2.24, 2.45) is 0 Å². The van der Waals surface area contributed by atoms with Crippen LogP contribution in [0.5, 0.6) is 11.5 Å². The lowest BCUT2D eigenvalue weighted by atomic mass is 10.0. The number of rotatable bonds is 7. The normalized spacial score (nSPS) is 14.7. The molecule has 30 heavy (non-hydrogen) atoms. The minimum absolute atomic E-state index is 0.00474. The summed E-state index contributed by atoms with van der Waals surface area (Å²) in [4.78, 5) is 23.6.